The monoisotopic (exact) mass is 600 g/mol. The minimum Gasteiger partial charge on any atom is -0.184 e. The van der Waals surface area contributed by atoms with Crippen LogP contribution < -0.4 is 10.4 Å². The van der Waals surface area contributed by atoms with Gasteiger partial charge in [-0.3, -0.25) is 0 Å². The molecule has 6 rings (SSSR count). The Bertz CT molecular complexity index is 1410. The topological polar surface area (TPSA) is 0 Å². The first-order valence-electron chi connectivity index (χ1n) is 11.9. The number of halogens is 2. The molecular formula is C32H28Cl2SiZr. The predicted molar refractivity (Wildman–Crippen MR) is 156 cm³/mol. The normalized spacial score (nSPS) is 11.4. The number of rotatable bonds is 1. The van der Waals surface area contributed by atoms with Gasteiger partial charge in [-0.2, -0.15) is 35.5 Å². The Morgan fingerprint density at radius 3 is 2.22 bits per heavy atom. The van der Waals surface area contributed by atoms with Crippen LogP contribution in [0.5, 0.6) is 0 Å². The van der Waals surface area contributed by atoms with Crippen LogP contribution in [0.2, 0.25) is 0 Å². The van der Waals surface area contributed by atoms with Gasteiger partial charge >= 0.3 is 37.9 Å². The molecule has 0 spiro atoms. The molecular weight excluding hydrogens is 575 g/mol. The van der Waals surface area contributed by atoms with Crippen LogP contribution in [0.4, 0.5) is 0 Å². The van der Waals surface area contributed by atoms with E-state index in [0.717, 1.165) is 9.52 Å². The van der Waals surface area contributed by atoms with Crippen LogP contribution in [0.25, 0.3) is 33.0 Å². The molecule has 5 aromatic carbocycles. The number of hydrogen-bond acceptors (Lipinski definition) is 0. The fraction of sp³-hybridized carbons (Fsp3) is 0.156. The van der Waals surface area contributed by atoms with Crippen molar-refractivity contribution in [1.82, 2.24) is 0 Å². The van der Waals surface area contributed by atoms with E-state index in [0.29, 0.717) is 0 Å². The van der Waals surface area contributed by atoms with Crippen molar-refractivity contribution in [3.05, 3.63) is 114 Å². The van der Waals surface area contributed by atoms with Crippen LogP contribution in [0.3, 0.4) is 0 Å². The second-order valence-corrected chi connectivity index (χ2v) is 14.9. The maximum Gasteiger partial charge on any atom is 0.0920 e. The quantitative estimate of drug-likeness (QED) is 0.131. The number of hydrogen-bond donors (Lipinski definition) is 0. The molecule has 0 fully saturated rings. The van der Waals surface area contributed by atoms with E-state index in [1.165, 1.54) is 54.5 Å². The Morgan fingerprint density at radius 2 is 1.50 bits per heavy atom. The van der Waals surface area contributed by atoms with Gasteiger partial charge in [-0.1, -0.05) is 104 Å². The summed E-state index contributed by atoms with van der Waals surface area (Å²) < 4.78 is 0. The molecule has 0 aromatic heterocycles. The summed E-state index contributed by atoms with van der Waals surface area (Å²) in [5.41, 5.74) is 8.37. The molecule has 36 heavy (non-hydrogen) atoms. The molecule has 0 bridgehead atoms. The second kappa shape index (κ2) is 12.1. The van der Waals surface area contributed by atoms with Gasteiger partial charge in [0.1, 0.15) is 0 Å². The van der Waals surface area contributed by atoms with Crippen LogP contribution in [0.15, 0.2) is 97.1 Å². The van der Waals surface area contributed by atoms with Gasteiger partial charge in [-0.25, -0.2) is 0 Å². The number of aryl methyl sites for hydroxylation is 1. The van der Waals surface area contributed by atoms with E-state index in [9.17, 15) is 0 Å². The van der Waals surface area contributed by atoms with Gasteiger partial charge in [0, 0.05) is 0 Å². The Hall–Kier alpha value is -1.83. The smallest absolute Gasteiger partial charge is 0.0920 e. The van der Waals surface area contributed by atoms with Crippen molar-refractivity contribution in [2.24, 2.45) is 0 Å². The van der Waals surface area contributed by atoms with E-state index in [1.54, 1.807) is 0 Å². The summed E-state index contributed by atoms with van der Waals surface area (Å²) in [5.74, 6) is 0. The van der Waals surface area contributed by atoms with Gasteiger partial charge in [-0.05, 0) is 11.0 Å². The Morgan fingerprint density at radius 1 is 0.833 bits per heavy atom. The molecule has 2 radical (unpaired) electrons. The molecule has 0 saturated carbocycles. The third-order valence-electron chi connectivity index (χ3n) is 6.24. The van der Waals surface area contributed by atoms with E-state index in [2.05, 4.69) is 125 Å². The van der Waals surface area contributed by atoms with Crippen molar-refractivity contribution < 1.29 is 20.8 Å². The van der Waals surface area contributed by atoms with Gasteiger partial charge in [0.2, 0.25) is 0 Å². The molecule has 0 aliphatic carbocycles. The van der Waals surface area contributed by atoms with Crippen molar-refractivity contribution in [2.75, 3.05) is 0 Å². The van der Waals surface area contributed by atoms with E-state index in [1.807, 2.05) is 6.07 Å². The minimum absolute atomic E-state index is 0.143. The molecule has 0 atom stereocenters. The molecule has 0 N–H and O–H groups in total. The summed E-state index contributed by atoms with van der Waals surface area (Å²) in [6.45, 7) is 9.04. The average molecular weight is 603 g/mol. The van der Waals surface area contributed by atoms with Crippen molar-refractivity contribution in [3.8, 4) is 22.3 Å². The van der Waals surface area contributed by atoms with Gasteiger partial charge in [-0.15, -0.1) is 40.1 Å². The van der Waals surface area contributed by atoms with E-state index >= 15 is 0 Å². The zero-order valence-electron chi connectivity index (χ0n) is 21.0. The molecule has 5 aromatic rings. The molecule has 178 valence electrons. The van der Waals surface area contributed by atoms with Crippen LogP contribution in [0.1, 0.15) is 31.9 Å². The van der Waals surface area contributed by atoms with Crippen molar-refractivity contribution >= 4 is 47.7 Å². The molecule has 0 amide bonds. The first-order chi connectivity index (χ1) is 17.3. The summed E-state index contributed by atoms with van der Waals surface area (Å²) in [6.07, 6.45) is 0. The third-order valence-corrected chi connectivity index (χ3v) is 7.61. The fourth-order valence-corrected chi connectivity index (χ4v) is 6.01. The van der Waals surface area contributed by atoms with Crippen LogP contribution in [-0.4, -0.2) is 9.52 Å². The first kappa shape index (κ1) is 27.2. The molecule has 4 heteroatoms. The van der Waals surface area contributed by atoms with Gasteiger partial charge in [0.25, 0.3) is 0 Å². The minimum atomic E-state index is -0.826. The molecule has 1 aliphatic heterocycles. The number of benzene rings is 4. The summed E-state index contributed by atoms with van der Waals surface area (Å²) >= 11 is -0.826. The summed E-state index contributed by atoms with van der Waals surface area (Å²) in [6, 6.07) is 38.1. The standard InChI is InChI=1S/C20H21.C12H7Si.2ClH.Zr/c1-14-12-16-10-11-18(20(2,3)4)19(17(16)13-14)15-8-6-5-7-9-15;1-3-7-11-9(5-1)10-6-2-4-8-12(10)13-11;;;/h5-13H,1-4H3;1-7H;2*1H;/q2*-1;;;+4/p-2. The van der Waals surface area contributed by atoms with Crippen molar-refractivity contribution in [3.63, 3.8) is 0 Å². The summed E-state index contributed by atoms with van der Waals surface area (Å²) in [7, 11) is 10.7. The molecule has 1 heterocycles. The first-order valence-corrected chi connectivity index (χ1v) is 19.3. The SMILES string of the molecule is Cc1cc2c(-c3ccccc3)c(C(C)(C)C)ccc2[cH-]1.[Cl][Zr+2][Cl].[c-]1cccc2c1[Si]c1ccccc1-2. The van der Waals surface area contributed by atoms with Crippen LogP contribution in [-0.2, 0) is 26.3 Å². The maximum atomic E-state index is 4.93. The molecule has 0 nitrogen and oxygen atoms in total. The molecule has 0 saturated heterocycles. The Labute approximate surface area is 236 Å². The Kier molecular flexibility index (Phi) is 9.18. The molecule has 0 unspecified atom stereocenters. The Balaban J connectivity index is 0.000000163. The second-order valence-electron chi connectivity index (χ2n) is 9.84. The third kappa shape index (κ3) is 6.17. The summed E-state index contributed by atoms with van der Waals surface area (Å²) in [4.78, 5) is 0. The fourth-order valence-electron chi connectivity index (χ4n) is 4.70. The van der Waals surface area contributed by atoms with Gasteiger partial charge in [0.15, 0.2) is 0 Å². The van der Waals surface area contributed by atoms with Crippen molar-refractivity contribution in [1.29, 1.82) is 0 Å². The zero-order chi connectivity index (χ0) is 25.7. The van der Waals surface area contributed by atoms with Crippen LogP contribution >= 0.6 is 17.0 Å². The maximum absolute atomic E-state index is 4.93. The van der Waals surface area contributed by atoms with Crippen LogP contribution in [0, 0.1) is 13.0 Å². The zero-order valence-corrected chi connectivity index (χ0v) is 26.0. The van der Waals surface area contributed by atoms with E-state index < -0.39 is 20.8 Å². The number of fused-ring (bicyclic) bond motifs is 4. The van der Waals surface area contributed by atoms with Gasteiger partial charge in [0.05, 0.1) is 9.52 Å². The van der Waals surface area contributed by atoms with E-state index in [4.69, 9.17) is 17.0 Å². The predicted octanol–water partition coefficient (Wildman–Crippen LogP) is 8.33. The summed E-state index contributed by atoms with van der Waals surface area (Å²) in [5, 5.41) is 5.54. The largest absolute Gasteiger partial charge is 0.184 e. The van der Waals surface area contributed by atoms with Gasteiger partial charge < -0.3 is 0 Å². The van der Waals surface area contributed by atoms with E-state index in [-0.39, 0.29) is 5.41 Å². The van der Waals surface area contributed by atoms with Crippen molar-refractivity contribution in [2.45, 2.75) is 33.1 Å². The molecule has 1 aliphatic rings. The average Bonchev–Trinajstić information content (AvgIpc) is 3.44.